The van der Waals surface area contributed by atoms with Gasteiger partial charge in [0.05, 0.1) is 5.69 Å². The molecule has 4 nitrogen and oxygen atoms in total. The maximum atomic E-state index is 13.8. The van der Waals surface area contributed by atoms with Crippen LogP contribution >= 0.6 is 0 Å². The van der Waals surface area contributed by atoms with Crippen molar-refractivity contribution in [2.75, 3.05) is 6.54 Å². The summed E-state index contributed by atoms with van der Waals surface area (Å²) in [7, 11) is 0. The zero-order chi connectivity index (χ0) is 18.1. The lowest BCUT2D eigenvalue weighted by Crippen LogP contribution is -2.35. The molecule has 0 radical (unpaired) electrons. The predicted octanol–water partition coefficient (Wildman–Crippen LogP) is 3.44. The smallest absolute Gasteiger partial charge is 0.254 e. The van der Waals surface area contributed by atoms with Crippen LogP contribution in [-0.2, 0) is 19.5 Å². The first-order valence-corrected chi connectivity index (χ1v) is 8.75. The van der Waals surface area contributed by atoms with Crippen molar-refractivity contribution >= 4 is 0 Å². The molecule has 2 aromatic carbocycles. The number of H-pyrrole nitrogens is 1. The van der Waals surface area contributed by atoms with E-state index >= 15 is 0 Å². The summed E-state index contributed by atoms with van der Waals surface area (Å²) in [6.45, 7) is 3.81. The van der Waals surface area contributed by atoms with Crippen molar-refractivity contribution in [1.29, 1.82) is 0 Å². The van der Waals surface area contributed by atoms with Gasteiger partial charge in [-0.1, -0.05) is 42.5 Å². The fourth-order valence-corrected chi connectivity index (χ4v) is 3.43. The van der Waals surface area contributed by atoms with Gasteiger partial charge < -0.3 is 4.98 Å². The van der Waals surface area contributed by atoms with E-state index in [1.807, 2.05) is 36.4 Å². The van der Waals surface area contributed by atoms with Crippen molar-refractivity contribution in [2.24, 2.45) is 0 Å². The van der Waals surface area contributed by atoms with Gasteiger partial charge in [-0.15, -0.1) is 0 Å². The van der Waals surface area contributed by atoms with Crippen molar-refractivity contribution < 1.29 is 4.39 Å². The molecule has 1 aliphatic rings. The molecule has 2 heterocycles. The number of nitrogens with one attached hydrogen (secondary N) is 1. The van der Waals surface area contributed by atoms with E-state index in [-0.39, 0.29) is 11.4 Å². The van der Waals surface area contributed by atoms with E-state index in [0.717, 1.165) is 28.9 Å². The van der Waals surface area contributed by atoms with E-state index < -0.39 is 0 Å². The molecule has 0 unspecified atom stereocenters. The van der Waals surface area contributed by atoms with E-state index in [2.05, 4.69) is 9.88 Å². The van der Waals surface area contributed by atoms with E-state index in [1.54, 1.807) is 13.0 Å². The minimum Gasteiger partial charge on any atom is -0.306 e. The molecule has 5 heteroatoms. The molecule has 0 atom stereocenters. The highest BCUT2D eigenvalue weighted by Gasteiger charge is 2.22. The average Bonchev–Trinajstić information content (AvgIpc) is 2.66. The van der Waals surface area contributed by atoms with Crippen LogP contribution in [0.2, 0.25) is 0 Å². The van der Waals surface area contributed by atoms with Gasteiger partial charge in [0.25, 0.3) is 5.56 Å². The van der Waals surface area contributed by atoms with Crippen LogP contribution in [0.5, 0.6) is 0 Å². The van der Waals surface area contributed by atoms with Crippen LogP contribution in [0.25, 0.3) is 11.4 Å². The summed E-state index contributed by atoms with van der Waals surface area (Å²) >= 11 is 0. The summed E-state index contributed by atoms with van der Waals surface area (Å²) < 4.78 is 13.8. The third kappa shape index (κ3) is 3.18. The van der Waals surface area contributed by atoms with Crippen LogP contribution in [0, 0.1) is 12.7 Å². The van der Waals surface area contributed by atoms with Crippen LogP contribution in [0.4, 0.5) is 4.39 Å². The van der Waals surface area contributed by atoms with Crippen molar-refractivity contribution in [1.82, 2.24) is 14.9 Å². The maximum Gasteiger partial charge on any atom is 0.254 e. The molecule has 0 aliphatic carbocycles. The number of hydrogen-bond donors (Lipinski definition) is 1. The SMILES string of the molecule is Cc1c(F)cccc1CN1CCc2c(nc(-c3ccccc3)[nH]c2=O)C1. The monoisotopic (exact) mass is 349 g/mol. The predicted molar refractivity (Wildman–Crippen MR) is 99.2 cm³/mol. The standard InChI is InChI=1S/C21H20FN3O/c1-14-16(8-5-9-18(14)22)12-25-11-10-17-19(13-25)23-20(24-21(17)26)15-6-3-2-4-7-15/h2-9H,10-13H2,1H3,(H,23,24,26). The van der Waals surface area contributed by atoms with Gasteiger partial charge in [0.15, 0.2) is 0 Å². The Morgan fingerprint density at radius 3 is 2.77 bits per heavy atom. The van der Waals surface area contributed by atoms with Crippen LogP contribution < -0.4 is 5.56 Å². The lowest BCUT2D eigenvalue weighted by molar-refractivity contribution is 0.240. The third-order valence-electron chi connectivity index (χ3n) is 4.97. The summed E-state index contributed by atoms with van der Waals surface area (Å²) in [6.07, 6.45) is 0.654. The van der Waals surface area contributed by atoms with Crippen LogP contribution in [0.1, 0.15) is 22.4 Å². The Bertz CT molecular complexity index is 998. The summed E-state index contributed by atoms with van der Waals surface area (Å²) in [5.74, 6) is 0.416. The molecule has 0 amide bonds. The van der Waals surface area contributed by atoms with Crippen molar-refractivity contribution in [2.45, 2.75) is 26.4 Å². The number of benzene rings is 2. The van der Waals surface area contributed by atoms with Gasteiger partial charge in [-0.2, -0.15) is 0 Å². The van der Waals surface area contributed by atoms with E-state index in [4.69, 9.17) is 4.98 Å². The van der Waals surface area contributed by atoms with Gasteiger partial charge in [0.1, 0.15) is 11.6 Å². The second kappa shape index (κ2) is 6.84. The number of aromatic amines is 1. The van der Waals surface area contributed by atoms with E-state index in [1.165, 1.54) is 6.07 Å². The molecule has 26 heavy (non-hydrogen) atoms. The Hall–Kier alpha value is -2.79. The molecule has 3 aromatic rings. The number of fused-ring (bicyclic) bond motifs is 1. The molecule has 0 saturated carbocycles. The average molecular weight is 349 g/mol. The number of hydrogen-bond acceptors (Lipinski definition) is 3. The maximum absolute atomic E-state index is 13.8. The molecule has 0 saturated heterocycles. The van der Waals surface area contributed by atoms with E-state index in [9.17, 15) is 9.18 Å². The number of rotatable bonds is 3. The second-order valence-corrected chi connectivity index (χ2v) is 6.69. The Balaban J connectivity index is 1.63. The Kier molecular flexibility index (Phi) is 4.39. The summed E-state index contributed by atoms with van der Waals surface area (Å²) in [4.78, 5) is 22.3. The molecule has 0 bridgehead atoms. The van der Waals surface area contributed by atoms with Gasteiger partial charge in [-0.25, -0.2) is 9.37 Å². The minimum atomic E-state index is -0.180. The Morgan fingerprint density at radius 1 is 1.15 bits per heavy atom. The summed E-state index contributed by atoms with van der Waals surface area (Å²) in [6, 6.07) is 14.8. The molecular formula is C21H20FN3O. The van der Waals surface area contributed by atoms with Crippen molar-refractivity contribution in [3.63, 3.8) is 0 Å². The zero-order valence-electron chi connectivity index (χ0n) is 14.6. The highest BCUT2D eigenvalue weighted by atomic mass is 19.1. The Morgan fingerprint density at radius 2 is 1.96 bits per heavy atom. The van der Waals surface area contributed by atoms with Crippen LogP contribution in [0.15, 0.2) is 53.3 Å². The van der Waals surface area contributed by atoms with Gasteiger partial charge in [0.2, 0.25) is 0 Å². The highest BCUT2D eigenvalue weighted by molar-refractivity contribution is 5.54. The fraction of sp³-hybridized carbons (Fsp3) is 0.238. The van der Waals surface area contributed by atoms with Crippen LogP contribution in [-0.4, -0.2) is 21.4 Å². The molecule has 1 aliphatic heterocycles. The zero-order valence-corrected chi connectivity index (χ0v) is 14.6. The molecule has 0 fully saturated rings. The molecule has 1 aromatic heterocycles. The number of nitrogens with zero attached hydrogens (tertiary/aromatic N) is 2. The normalized spacial score (nSPS) is 14.2. The second-order valence-electron chi connectivity index (χ2n) is 6.69. The van der Waals surface area contributed by atoms with Gasteiger partial charge >= 0.3 is 0 Å². The molecule has 132 valence electrons. The summed E-state index contributed by atoms with van der Waals surface area (Å²) in [5.41, 5.74) is 4.06. The lowest BCUT2D eigenvalue weighted by Gasteiger charge is -2.28. The highest BCUT2D eigenvalue weighted by Crippen LogP contribution is 2.21. The van der Waals surface area contributed by atoms with Crippen molar-refractivity contribution in [3.05, 3.63) is 87.1 Å². The topological polar surface area (TPSA) is 49.0 Å². The lowest BCUT2D eigenvalue weighted by atomic mass is 10.0. The van der Waals surface area contributed by atoms with Gasteiger partial charge in [-0.05, 0) is 30.5 Å². The van der Waals surface area contributed by atoms with Gasteiger partial charge in [-0.3, -0.25) is 9.69 Å². The molecule has 4 rings (SSSR count). The molecule has 1 N–H and O–H groups in total. The largest absolute Gasteiger partial charge is 0.306 e. The first-order valence-electron chi connectivity index (χ1n) is 8.75. The minimum absolute atomic E-state index is 0.0598. The fourth-order valence-electron chi connectivity index (χ4n) is 3.43. The quantitative estimate of drug-likeness (QED) is 0.788. The first-order chi connectivity index (χ1) is 12.6. The number of aromatic nitrogens is 2. The third-order valence-corrected chi connectivity index (χ3v) is 4.97. The Labute approximate surface area is 151 Å². The molecule has 0 spiro atoms. The van der Waals surface area contributed by atoms with Crippen molar-refractivity contribution in [3.8, 4) is 11.4 Å². The summed E-state index contributed by atoms with van der Waals surface area (Å²) in [5, 5.41) is 0. The number of halogens is 1. The first kappa shape index (κ1) is 16.7. The van der Waals surface area contributed by atoms with Gasteiger partial charge in [0, 0.05) is 30.8 Å². The molecular weight excluding hydrogens is 329 g/mol. The van der Waals surface area contributed by atoms with Crippen LogP contribution in [0.3, 0.4) is 0 Å². The van der Waals surface area contributed by atoms with E-state index in [0.29, 0.717) is 30.9 Å².